The van der Waals surface area contributed by atoms with Crippen LogP contribution in [0.2, 0.25) is 0 Å². The van der Waals surface area contributed by atoms with Gasteiger partial charge in [0, 0.05) is 5.56 Å². The summed E-state index contributed by atoms with van der Waals surface area (Å²) in [5.74, 6) is 0.641. The van der Waals surface area contributed by atoms with E-state index in [1.807, 2.05) is 12.1 Å². The monoisotopic (exact) mass is 187 g/mol. The van der Waals surface area contributed by atoms with E-state index in [0.717, 1.165) is 5.56 Å². The van der Waals surface area contributed by atoms with E-state index in [1.165, 1.54) is 6.08 Å². The van der Waals surface area contributed by atoms with Crippen molar-refractivity contribution in [2.24, 2.45) is 0 Å². The standard InChI is InChI=1S/C11H9NO2/c1-14-11-5-3-2-4-10(11)6-9(7-12)8-13/h2-6,8H,1H3. The minimum Gasteiger partial charge on any atom is -0.496 e. The number of aldehydes is 1. The molecule has 0 aromatic heterocycles. The molecule has 0 radical (unpaired) electrons. The molecule has 0 aliphatic heterocycles. The Balaban J connectivity index is 3.14. The van der Waals surface area contributed by atoms with Gasteiger partial charge in [0.05, 0.1) is 12.7 Å². The molecule has 1 aromatic rings. The largest absolute Gasteiger partial charge is 0.496 e. The van der Waals surface area contributed by atoms with E-state index in [-0.39, 0.29) is 5.57 Å². The molecule has 3 nitrogen and oxygen atoms in total. The van der Waals surface area contributed by atoms with Crippen molar-refractivity contribution >= 4 is 12.4 Å². The van der Waals surface area contributed by atoms with Gasteiger partial charge in [-0.2, -0.15) is 5.26 Å². The predicted molar refractivity (Wildman–Crippen MR) is 52.6 cm³/mol. The lowest BCUT2D eigenvalue weighted by Gasteiger charge is -2.02. The van der Waals surface area contributed by atoms with E-state index < -0.39 is 0 Å². The van der Waals surface area contributed by atoms with Gasteiger partial charge < -0.3 is 4.74 Å². The fourth-order valence-corrected chi connectivity index (χ4v) is 1.05. The van der Waals surface area contributed by atoms with Crippen molar-refractivity contribution in [3.63, 3.8) is 0 Å². The number of carbonyl (C=O) groups is 1. The third-order valence-electron chi connectivity index (χ3n) is 1.71. The molecule has 1 rings (SSSR count). The highest BCUT2D eigenvalue weighted by molar-refractivity contribution is 5.87. The molecule has 0 saturated carbocycles. The highest BCUT2D eigenvalue weighted by Crippen LogP contribution is 2.19. The molecule has 1 aromatic carbocycles. The summed E-state index contributed by atoms with van der Waals surface area (Å²) in [4.78, 5) is 10.4. The Morgan fingerprint density at radius 3 is 2.79 bits per heavy atom. The summed E-state index contributed by atoms with van der Waals surface area (Å²) in [6, 6.07) is 8.97. The topological polar surface area (TPSA) is 50.1 Å². The van der Waals surface area contributed by atoms with Crippen LogP contribution in [0.5, 0.6) is 5.75 Å². The zero-order valence-electron chi connectivity index (χ0n) is 7.73. The summed E-state index contributed by atoms with van der Waals surface area (Å²) in [7, 11) is 1.54. The van der Waals surface area contributed by atoms with Gasteiger partial charge in [-0.05, 0) is 12.1 Å². The van der Waals surface area contributed by atoms with Crippen LogP contribution in [0, 0.1) is 11.3 Å². The van der Waals surface area contributed by atoms with E-state index in [2.05, 4.69) is 0 Å². The van der Waals surface area contributed by atoms with Crippen LogP contribution in [0.25, 0.3) is 6.08 Å². The molecular formula is C11H9NO2. The summed E-state index contributed by atoms with van der Waals surface area (Å²) in [6.07, 6.45) is 2.01. The van der Waals surface area contributed by atoms with Crippen molar-refractivity contribution in [1.29, 1.82) is 5.26 Å². The van der Waals surface area contributed by atoms with Gasteiger partial charge in [0.2, 0.25) is 0 Å². The van der Waals surface area contributed by atoms with Gasteiger partial charge in [-0.15, -0.1) is 0 Å². The molecule has 0 fully saturated rings. The summed E-state index contributed by atoms with van der Waals surface area (Å²) in [6.45, 7) is 0. The first-order valence-corrected chi connectivity index (χ1v) is 4.02. The fourth-order valence-electron chi connectivity index (χ4n) is 1.05. The van der Waals surface area contributed by atoms with Gasteiger partial charge in [-0.1, -0.05) is 18.2 Å². The van der Waals surface area contributed by atoms with Crippen LogP contribution >= 0.6 is 0 Å². The maximum atomic E-state index is 10.4. The first kappa shape index (κ1) is 10.0. The number of nitrogens with zero attached hydrogens (tertiary/aromatic N) is 1. The smallest absolute Gasteiger partial charge is 0.160 e. The van der Waals surface area contributed by atoms with Gasteiger partial charge in [-0.25, -0.2) is 0 Å². The molecule has 0 saturated heterocycles. The highest BCUT2D eigenvalue weighted by Gasteiger charge is 1.99. The molecule has 0 heterocycles. The summed E-state index contributed by atoms with van der Waals surface area (Å²) in [5.41, 5.74) is 0.799. The van der Waals surface area contributed by atoms with E-state index in [1.54, 1.807) is 25.3 Å². The maximum absolute atomic E-state index is 10.4. The fraction of sp³-hybridized carbons (Fsp3) is 0.0909. The Bertz CT molecular complexity index is 402. The lowest BCUT2D eigenvalue weighted by molar-refractivity contribution is -0.104. The molecule has 14 heavy (non-hydrogen) atoms. The molecule has 0 N–H and O–H groups in total. The van der Waals surface area contributed by atoms with Gasteiger partial charge in [0.15, 0.2) is 6.29 Å². The van der Waals surface area contributed by atoms with Crippen molar-refractivity contribution in [1.82, 2.24) is 0 Å². The number of hydrogen-bond donors (Lipinski definition) is 0. The molecule has 3 heteroatoms. The second-order valence-electron chi connectivity index (χ2n) is 2.57. The summed E-state index contributed by atoms with van der Waals surface area (Å²) < 4.78 is 5.07. The molecule has 0 unspecified atom stereocenters. The third-order valence-corrected chi connectivity index (χ3v) is 1.71. The van der Waals surface area contributed by atoms with Gasteiger partial charge in [0.25, 0.3) is 0 Å². The van der Waals surface area contributed by atoms with Crippen LogP contribution < -0.4 is 4.74 Å². The highest BCUT2D eigenvalue weighted by atomic mass is 16.5. The number of rotatable bonds is 3. The summed E-state index contributed by atoms with van der Waals surface area (Å²) in [5, 5.41) is 8.56. The molecular weight excluding hydrogens is 178 g/mol. The Morgan fingerprint density at radius 2 is 2.21 bits per heavy atom. The number of benzene rings is 1. The molecule has 0 aliphatic rings. The van der Waals surface area contributed by atoms with Crippen molar-refractivity contribution < 1.29 is 9.53 Å². The lowest BCUT2D eigenvalue weighted by Crippen LogP contribution is -1.87. The van der Waals surface area contributed by atoms with Crippen molar-refractivity contribution in [2.75, 3.05) is 7.11 Å². The van der Waals surface area contributed by atoms with Crippen LogP contribution in [0.3, 0.4) is 0 Å². The number of allylic oxidation sites excluding steroid dienone is 1. The molecule has 70 valence electrons. The Hall–Kier alpha value is -2.08. The van der Waals surface area contributed by atoms with Crippen molar-refractivity contribution in [2.45, 2.75) is 0 Å². The lowest BCUT2D eigenvalue weighted by atomic mass is 10.1. The SMILES string of the molecule is COc1ccccc1C=C(C#N)C=O. The number of hydrogen-bond acceptors (Lipinski definition) is 3. The van der Waals surface area contributed by atoms with Crippen LogP contribution in [0.1, 0.15) is 5.56 Å². The van der Waals surface area contributed by atoms with E-state index in [9.17, 15) is 4.79 Å². The Kier molecular flexibility index (Phi) is 3.45. The van der Waals surface area contributed by atoms with Gasteiger partial charge in [-0.3, -0.25) is 4.79 Å². The van der Waals surface area contributed by atoms with E-state index in [0.29, 0.717) is 12.0 Å². The number of nitriles is 1. The average Bonchev–Trinajstić information content (AvgIpc) is 2.26. The van der Waals surface area contributed by atoms with Crippen LogP contribution in [0.15, 0.2) is 29.8 Å². The molecule has 0 bridgehead atoms. The van der Waals surface area contributed by atoms with Crippen LogP contribution in [0.4, 0.5) is 0 Å². The van der Waals surface area contributed by atoms with E-state index in [4.69, 9.17) is 10.00 Å². The molecule has 0 spiro atoms. The zero-order chi connectivity index (χ0) is 10.4. The molecule has 0 amide bonds. The first-order valence-electron chi connectivity index (χ1n) is 4.02. The maximum Gasteiger partial charge on any atom is 0.160 e. The minimum atomic E-state index is 0.0782. The average molecular weight is 187 g/mol. The third kappa shape index (κ3) is 2.20. The predicted octanol–water partition coefficient (Wildman–Crippen LogP) is 1.80. The normalized spacial score (nSPS) is 10.4. The van der Waals surface area contributed by atoms with Crippen molar-refractivity contribution in [3.8, 4) is 11.8 Å². The molecule has 0 aliphatic carbocycles. The van der Waals surface area contributed by atoms with Crippen LogP contribution in [-0.4, -0.2) is 13.4 Å². The first-order chi connectivity index (χ1) is 6.81. The van der Waals surface area contributed by atoms with Crippen molar-refractivity contribution in [3.05, 3.63) is 35.4 Å². The quantitative estimate of drug-likeness (QED) is 0.412. The zero-order valence-corrected chi connectivity index (χ0v) is 7.73. The number of para-hydroxylation sites is 1. The Labute approximate surface area is 82.2 Å². The van der Waals surface area contributed by atoms with Crippen LogP contribution in [-0.2, 0) is 4.79 Å². The summed E-state index contributed by atoms with van der Waals surface area (Å²) >= 11 is 0. The van der Waals surface area contributed by atoms with Gasteiger partial charge in [0.1, 0.15) is 11.8 Å². The number of methoxy groups -OCH3 is 1. The second-order valence-corrected chi connectivity index (χ2v) is 2.57. The minimum absolute atomic E-state index is 0.0782. The van der Waals surface area contributed by atoms with Gasteiger partial charge >= 0.3 is 0 Å². The number of ether oxygens (including phenoxy) is 1. The van der Waals surface area contributed by atoms with E-state index >= 15 is 0 Å². The second kappa shape index (κ2) is 4.83. The Morgan fingerprint density at radius 1 is 1.50 bits per heavy atom. The molecule has 0 atom stereocenters. The number of carbonyl (C=O) groups excluding carboxylic acids is 1.